The van der Waals surface area contributed by atoms with Gasteiger partial charge in [0.2, 0.25) is 0 Å². The van der Waals surface area contributed by atoms with Crippen LogP contribution in [-0.4, -0.2) is 24.4 Å². The van der Waals surface area contributed by atoms with Crippen LogP contribution < -0.4 is 16.2 Å². The zero-order valence-electron chi connectivity index (χ0n) is 16.8. The highest BCUT2D eigenvalue weighted by molar-refractivity contribution is 5.78. The number of benzene rings is 2. The van der Waals surface area contributed by atoms with Crippen LogP contribution in [0.3, 0.4) is 0 Å². The van der Waals surface area contributed by atoms with Gasteiger partial charge in [-0.15, -0.1) is 0 Å². The van der Waals surface area contributed by atoms with Crippen LogP contribution in [0.2, 0.25) is 0 Å². The van der Waals surface area contributed by atoms with E-state index in [2.05, 4.69) is 4.99 Å². The lowest BCUT2D eigenvalue weighted by Crippen LogP contribution is -2.38. The molecule has 0 spiro atoms. The maximum atomic E-state index is 12.9. The normalized spacial score (nSPS) is 20.7. The molecule has 3 atom stereocenters. The molecule has 1 fully saturated rings. The number of rotatable bonds is 7. The van der Waals surface area contributed by atoms with Gasteiger partial charge in [-0.25, -0.2) is 0 Å². The standard InChI is InChI=1S/C23H27N3O4/c24-23(25)26-14-18-12-11-17(21(27)30-19-9-5-2-6-10-19)13-20(18)22(28)29-15-16-7-3-1-4-8-16/h1-10,17-18,20H,11-15H2,(H4,24,25,26). The minimum atomic E-state index is -0.473. The lowest BCUT2D eigenvalue weighted by molar-refractivity contribution is -0.155. The molecule has 0 aliphatic heterocycles. The van der Waals surface area contributed by atoms with Crippen molar-refractivity contribution in [1.29, 1.82) is 0 Å². The smallest absolute Gasteiger partial charge is 0.314 e. The maximum Gasteiger partial charge on any atom is 0.314 e. The van der Waals surface area contributed by atoms with Crippen molar-refractivity contribution >= 4 is 17.9 Å². The maximum absolute atomic E-state index is 12.9. The minimum Gasteiger partial charge on any atom is -0.461 e. The molecular formula is C23H27N3O4. The Balaban J connectivity index is 1.66. The molecular weight excluding hydrogens is 382 g/mol. The van der Waals surface area contributed by atoms with Gasteiger partial charge in [0, 0.05) is 6.54 Å². The Kier molecular flexibility index (Phi) is 7.43. The lowest BCUT2D eigenvalue weighted by atomic mass is 9.74. The number of esters is 2. The van der Waals surface area contributed by atoms with E-state index in [1.54, 1.807) is 24.3 Å². The Bertz CT molecular complexity index is 867. The minimum absolute atomic E-state index is 0.0167. The molecule has 2 aromatic rings. The fraction of sp³-hybridized carbons (Fsp3) is 0.348. The second-order valence-corrected chi connectivity index (χ2v) is 7.47. The molecule has 0 aromatic heterocycles. The number of nitrogens with two attached hydrogens (primary N) is 2. The van der Waals surface area contributed by atoms with Crippen molar-refractivity contribution in [3.05, 3.63) is 66.2 Å². The first kappa shape index (κ1) is 21.4. The molecule has 1 aliphatic rings. The summed E-state index contributed by atoms with van der Waals surface area (Å²) in [6.45, 7) is 0.512. The number of hydrogen-bond acceptors (Lipinski definition) is 5. The summed E-state index contributed by atoms with van der Waals surface area (Å²) in [6, 6.07) is 18.4. The summed E-state index contributed by atoms with van der Waals surface area (Å²) in [6.07, 6.45) is 1.60. The number of aliphatic imine (C=N–C) groups is 1. The molecule has 1 aliphatic carbocycles. The Labute approximate surface area is 176 Å². The van der Waals surface area contributed by atoms with Gasteiger partial charge in [0.25, 0.3) is 0 Å². The van der Waals surface area contributed by atoms with Crippen molar-refractivity contribution in [1.82, 2.24) is 0 Å². The van der Waals surface area contributed by atoms with Crippen molar-refractivity contribution in [2.24, 2.45) is 34.2 Å². The van der Waals surface area contributed by atoms with Crippen molar-refractivity contribution in [2.75, 3.05) is 6.54 Å². The number of carbonyl (C=O) groups excluding carboxylic acids is 2. The third kappa shape index (κ3) is 6.07. The Morgan fingerprint density at radius 3 is 2.27 bits per heavy atom. The van der Waals surface area contributed by atoms with Crippen molar-refractivity contribution in [3.63, 3.8) is 0 Å². The van der Waals surface area contributed by atoms with Gasteiger partial charge in [0.05, 0.1) is 11.8 Å². The zero-order chi connectivity index (χ0) is 21.3. The van der Waals surface area contributed by atoms with E-state index in [0.717, 1.165) is 5.56 Å². The van der Waals surface area contributed by atoms with Crippen LogP contribution in [0.5, 0.6) is 5.75 Å². The molecule has 3 rings (SSSR count). The van der Waals surface area contributed by atoms with Gasteiger partial charge in [0.15, 0.2) is 5.96 Å². The van der Waals surface area contributed by atoms with Gasteiger partial charge in [-0.3, -0.25) is 14.6 Å². The summed E-state index contributed by atoms with van der Waals surface area (Å²) < 4.78 is 11.0. The van der Waals surface area contributed by atoms with Crippen LogP contribution in [-0.2, 0) is 20.9 Å². The van der Waals surface area contributed by atoms with E-state index in [1.165, 1.54) is 0 Å². The summed E-state index contributed by atoms with van der Waals surface area (Å²) in [4.78, 5) is 29.6. The van der Waals surface area contributed by atoms with Crippen molar-refractivity contribution in [3.8, 4) is 5.75 Å². The van der Waals surface area contributed by atoms with Gasteiger partial charge in [0.1, 0.15) is 12.4 Å². The number of carbonyl (C=O) groups is 2. The van der Waals surface area contributed by atoms with Gasteiger partial charge in [-0.1, -0.05) is 48.5 Å². The van der Waals surface area contributed by atoms with Crippen molar-refractivity contribution < 1.29 is 19.1 Å². The molecule has 3 unspecified atom stereocenters. The molecule has 0 radical (unpaired) electrons. The number of hydrogen-bond donors (Lipinski definition) is 2. The van der Waals surface area contributed by atoms with E-state index in [9.17, 15) is 9.59 Å². The number of guanidine groups is 1. The van der Waals surface area contributed by atoms with Crippen LogP contribution in [0.25, 0.3) is 0 Å². The number of ether oxygens (including phenoxy) is 2. The molecule has 30 heavy (non-hydrogen) atoms. The molecule has 7 nitrogen and oxygen atoms in total. The molecule has 1 saturated carbocycles. The highest BCUT2D eigenvalue weighted by atomic mass is 16.5. The predicted octanol–water partition coefficient (Wildman–Crippen LogP) is 2.64. The quantitative estimate of drug-likeness (QED) is 0.314. The van der Waals surface area contributed by atoms with Gasteiger partial charge in [-0.05, 0) is 42.9 Å². The molecule has 7 heteroatoms. The van der Waals surface area contributed by atoms with Crippen LogP contribution in [0, 0.1) is 17.8 Å². The monoisotopic (exact) mass is 409 g/mol. The fourth-order valence-corrected chi connectivity index (χ4v) is 3.70. The third-order valence-electron chi connectivity index (χ3n) is 5.32. The van der Waals surface area contributed by atoms with Crippen LogP contribution in [0.4, 0.5) is 0 Å². The highest BCUT2D eigenvalue weighted by Crippen LogP contribution is 2.36. The first-order valence-electron chi connectivity index (χ1n) is 10.1. The SMILES string of the molecule is NC(N)=NCC1CCC(C(=O)Oc2ccccc2)CC1C(=O)OCc1ccccc1. The van der Waals surface area contributed by atoms with E-state index >= 15 is 0 Å². The molecule has 0 amide bonds. The molecule has 158 valence electrons. The van der Waals surface area contributed by atoms with Crippen LogP contribution in [0.1, 0.15) is 24.8 Å². The van der Waals surface area contributed by atoms with E-state index < -0.39 is 5.92 Å². The molecule has 0 saturated heterocycles. The molecule has 4 N–H and O–H groups in total. The largest absolute Gasteiger partial charge is 0.461 e. The summed E-state index contributed by atoms with van der Waals surface area (Å²) in [5.74, 6) is -1.13. The van der Waals surface area contributed by atoms with Crippen molar-refractivity contribution in [2.45, 2.75) is 25.9 Å². The second-order valence-electron chi connectivity index (χ2n) is 7.47. The topological polar surface area (TPSA) is 117 Å². The average molecular weight is 409 g/mol. The number of nitrogens with zero attached hydrogens (tertiary/aromatic N) is 1. The Hall–Kier alpha value is -3.35. The summed E-state index contributed by atoms with van der Waals surface area (Å²) >= 11 is 0. The second kappa shape index (κ2) is 10.4. The van der Waals surface area contributed by atoms with Gasteiger partial charge < -0.3 is 20.9 Å². The first-order chi connectivity index (χ1) is 14.5. The first-order valence-corrected chi connectivity index (χ1v) is 10.1. The third-order valence-corrected chi connectivity index (χ3v) is 5.32. The van der Waals surface area contributed by atoms with E-state index in [-0.39, 0.29) is 36.3 Å². The van der Waals surface area contributed by atoms with Crippen LogP contribution >= 0.6 is 0 Å². The summed E-state index contributed by atoms with van der Waals surface area (Å²) in [5.41, 5.74) is 11.8. The lowest BCUT2D eigenvalue weighted by Gasteiger charge is -2.33. The van der Waals surface area contributed by atoms with Gasteiger partial charge in [-0.2, -0.15) is 0 Å². The Morgan fingerprint density at radius 1 is 0.933 bits per heavy atom. The highest BCUT2D eigenvalue weighted by Gasteiger charge is 2.39. The zero-order valence-corrected chi connectivity index (χ0v) is 16.8. The molecule has 0 bridgehead atoms. The molecule has 0 heterocycles. The van der Waals surface area contributed by atoms with E-state index in [0.29, 0.717) is 31.6 Å². The van der Waals surface area contributed by atoms with Crippen LogP contribution in [0.15, 0.2) is 65.7 Å². The van der Waals surface area contributed by atoms with E-state index in [1.807, 2.05) is 36.4 Å². The Morgan fingerprint density at radius 2 is 1.60 bits per heavy atom. The summed E-state index contributed by atoms with van der Waals surface area (Å²) in [7, 11) is 0. The average Bonchev–Trinajstić information content (AvgIpc) is 2.77. The van der Waals surface area contributed by atoms with E-state index in [4.69, 9.17) is 20.9 Å². The summed E-state index contributed by atoms with van der Waals surface area (Å²) in [5, 5.41) is 0. The fourth-order valence-electron chi connectivity index (χ4n) is 3.70. The number of para-hydroxylation sites is 1. The van der Waals surface area contributed by atoms with Gasteiger partial charge >= 0.3 is 11.9 Å². The molecule has 2 aromatic carbocycles. The predicted molar refractivity (Wildman–Crippen MR) is 113 cm³/mol.